The van der Waals surface area contributed by atoms with E-state index in [2.05, 4.69) is 57.8 Å². The lowest BCUT2D eigenvalue weighted by Gasteiger charge is -2.13. The zero-order valence-corrected chi connectivity index (χ0v) is 11.8. The van der Waals surface area contributed by atoms with Gasteiger partial charge in [-0.1, -0.05) is 52.0 Å². The molecule has 1 heteroatoms. The van der Waals surface area contributed by atoms with E-state index in [1.54, 1.807) is 0 Å². The van der Waals surface area contributed by atoms with E-state index in [1.165, 1.54) is 24.8 Å². The van der Waals surface area contributed by atoms with Crippen LogP contribution >= 0.6 is 0 Å². The summed E-state index contributed by atoms with van der Waals surface area (Å²) in [5, 5.41) is 3.54. The average molecular weight is 233 g/mol. The van der Waals surface area contributed by atoms with Gasteiger partial charge in [-0.25, -0.2) is 0 Å². The third-order valence-corrected chi connectivity index (χ3v) is 3.92. The molecule has 0 heterocycles. The molecule has 0 aromatic carbocycles. The second kappa shape index (κ2) is 6.09. The van der Waals surface area contributed by atoms with Crippen molar-refractivity contribution in [3.8, 4) is 0 Å². The predicted octanol–water partition coefficient (Wildman–Crippen LogP) is 4.58. The molecule has 0 saturated heterocycles. The third-order valence-electron chi connectivity index (χ3n) is 3.92. The monoisotopic (exact) mass is 233 g/mol. The minimum absolute atomic E-state index is 0.501. The van der Waals surface area contributed by atoms with E-state index in [1.807, 2.05) is 0 Å². The maximum absolute atomic E-state index is 4.12. The summed E-state index contributed by atoms with van der Waals surface area (Å²) in [5.74, 6) is 0. The number of nitrogens with one attached hydrogen (secondary N) is 1. The molecule has 1 nitrogen and oxygen atoms in total. The molecule has 0 aromatic heterocycles. The Morgan fingerprint density at radius 1 is 1.47 bits per heavy atom. The zero-order valence-electron chi connectivity index (χ0n) is 11.8. The van der Waals surface area contributed by atoms with Crippen molar-refractivity contribution in [2.45, 2.75) is 59.4 Å². The van der Waals surface area contributed by atoms with E-state index in [4.69, 9.17) is 0 Å². The van der Waals surface area contributed by atoms with Crippen molar-refractivity contribution in [2.24, 2.45) is 5.41 Å². The van der Waals surface area contributed by atoms with Crippen molar-refractivity contribution < 1.29 is 0 Å². The number of rotatable bonds is 7. The number of unbranched alkanes of at least 4 members (excludes halogenated alkanes) is 1. The first-order valence-corrected chi connectivity index (χ1v) is 6.82. The fourth-order valence-electron chi connectivity index (χ4n) is 1.92. The molecule has 1 fully saturated rings. The quantitative estimate of drug-likeness (QED) is 0.635. The van der Waals surface area contributed by atoms with Crippen LogP contribution in [-0.2, 0) is 0 Å². The molecule has 1 aliphatic rings. The first kappa shape index (κ1) is 14.1. The highest BCUT2D eigenvalue weighted by molar-refractivity contribution is 5.30. The molecule has 0 spiro atoms. The van der Waals surface area contributed by atoms with Crippen molar-refractivity contribution in [1.29, 1.82) is 0 Å². The van der Waals surface area contributed by atoms with E-state index in [9.17, 15) is 0 Å². The lowest BCUT2D eigenvalue weighted by molar-refractivity contribution is 0.502. The summed E-state index contributed by atoms with van der Waals surface area (Å²) in [6.07, 6.45) is 11.4. The lowest BCUT2D eigenvalue weighted by atomic mass is 10.1. The molecular formula is C16H27N. The van der Waals surface area contributed by atoms with Gasteiger partial charge in [-0.2, -0.15) is 0 Å². The van der Waals surface area contributed by atoms with Gasteiger partial charge in [0.1, 0.15) is 0 Å². The Morgan fingerprint density at radius 2 is 2.18 bits per heavy atom. The van der Waals surface area contributed by atoms with Crippen LogP contribution < -0.4 is 5.32 Å². The molecular weight excluding hydrogens is 206 g/mol. The molecule has 1 aliphatic carbocycles. The van der Waals surface area contributed by atoms with Crippen LogP contribution in [0.5, 0.6) is 0 Å². The Morgan fingerprint density at radius 3 is 2.71 bits per heavy atom. The molecule has 0 aliphatic heterocycles. The topological polar surface area (TPSA) is 12.0 Å². The van der Waals surface area contributed by atoms with Gasteiger partial charge in [-0.15, -0.1) is 0 Å². The van der Waals surface area contributed by atoms with E-state index in [-0.39, 0.29) is 0 Å². The van der Waals surface area contributed by atoms with E-state index in [0.29, 0.717) is 11.5 Å². The zero-order chi connectivity index (χ0) is 12.9. The Labute approximate surface area is 107 Å². The van der Waals surface area contributed by atoms with Crippen LogP contribution in [0.15, 0.2) is 36.1 Å². The SMILES string of the molecule is C=C(NC1CC1(C)CC)/C(C)=C/C=C\CCC. The summed E-state index contributed by atoms with van der Waals surface area (Å²) in [7, 11) is 0. The first-order chi connectivity index (χ1) is 8.03. The van der Waals surface area contributed by atoms with Gasteiger partial charge in [-0.3, -0.25) is 0 Å². The van der Waals surface area contributed by atoms with Gasteiger partial charge < -0.3 is 5.32 Å². The third kappa shape index (κ3) is 4.07. The fourth-order valence-corrected chi connectivity index (χ4v) is 1.92. The van der Waals surface area contributed by atoms with Gasteiger partial charge in [-0.05, 0) is 37.2 Å². The van der Waals surface area contributed by atoms with Crippen LogP contribution in [0.4, 0.5) is 0 Å². The summed E-state index contributed by atoms with van der Waals surface area (Å²) < 4.78 is 0. The van der Waals surface area contributed by atoms with Crippen LogP contribution in [0.3, 0.4) is 0 Å². The molecule has 0 radical (unpaired) electrons. The van der Waals surface area contributed by atoms with Crippen molar-refractivity contribution in [2.75, 3.05) is 0 Å². The van der Waals surface area contributed by atoms with Gasteiger partial charge in [0, 0.05) is 11.7 Å². The average Bonchev–Trinajstić information content (AvgIpc) is 2.96. The molecule has 96 valence electrons. The number of hydrogen-bond donors (Lipinski definition) is 1. The predicted molar refractivity (Wildman–Crippen MR) is 76.9 cm³/mol. The Hall–Kier alpha value is -0.980. The van der Waals surface area contributed by atoms with E-state index < -0.39 is 0 Å². The van der Waals surface area contributed by atoms with Crippen molar-refractivity contribution in [3.05, 3.63) is 36.1 Å². The Bertz CT molecular complexity index is 324. The normalized spacial score (nSPS) is 28.5. The highest BCUT2D eigenvalue weighted by atomic mass is 15.0. The van der Waals surface area contributed by atoms with Gasteiger partial charge in [0.2, 0.25) is 0 Å². The second-order valence-electron chi connectivity index (χ2n) is 5.45. The summed E-state index contributed by atoms with van der Waals surface area (Å²) in [5.41, 5.74) is 2.82. The maximum Gasteiger partial charge on any atom is 0.0321 e. The van der Waals surface area contributed by atoms with Crippen molar-refractivity contribution >= 4 is 0 Å². The highest BCUT2D eigenvalue weighted by Crippen LogP contribution is 2.48. The van der Waals surface area contributed by atoms with Gasteiger partial charge in [0.15, 0.2) is 0 Å². The molecule has 1 saturated carbocycles. The van der Waals surface area contributed by atoms with Crippen molar-refractivity contribution in [1.82, 2.24) is 5.32 Å². The minimum Gasteiger partial charge on any atom is -0.382 e. The van der Waals surface area contributed by atoms with Crippen LogP contribution in [0.2, 0.25) is 0 Å². The molecule has 0 aromatic rings. The largest absolute Gasteiger partial charge is 0.382 e. The van der Waals surface area contributed by atoms with Crippen LogP contribution in [0.1, 0.15) is 53.4 Å². The van der Waals surface area contributed by atoms with Crippen molar-refractivity contribution in [3.63, 3.8) is 0 Å². The summed E-state index contributed by atoms with van der Waals surface area (Å²) in [6.45, 7) is 13.0. The smallest absolute Gasteiger partial charge is 0.0321 e. The molecule has 17 heavy (non-hydrogen) atoms. The molecule has 1 rings (SSSR count). The van der Waals surface area contributed by atoms with E-state index >= 15 is 0 Å². The second-order valence-corrected chi connectivity index (χ2v) is 5.45. The van der Waals surface area contributed by atoms with Gasteiger partial charge in [0.05, 0.1) is 0 Å². The Kier molecular flexibility index (Phi) is 5.04. The standard InChI is InChI=1S/C16H27N/c1-6-8-9-10-11-13(3)14(4)17-15-12-16(15,5)7-2/h9-11,15,17H,4,6-8,12H2,1-3,5H3/b10-9-,13-11+. The molecule has 0 amide bonds. The van der Waals surface area contributed by atoms with Crippen LogP contribution in [0.25, 0.3) is 0 Å². The fraction of sp³-hybridized carbons (Fsp3) is 0.625. The maximum atomic E-state index is 4.12. The van der Waals surface area contributed by atoms with Gasteiger partial charge >= 0.3 is 0 Å². The molecule has 2 unspecified atom stereocenters. The molecule has 1 N–H and O–H groups in total. The summed E-state index contributed by atoms with van der Waals surface area (Å²) >= 11 is 0. The molecule has 2 atom stereocenters. The van der Waals surface area contributed by atoms with Gasteiger partial charge in [0.25, 0.3) is 0 Å². The Balaban J connectivity index is 2.38. The van der Waals surface area contributed by atoms with E-state index in [0.717, 1.165) is 12.1 Å². The van der Waals surface area contributed by atoms with Crippen LogP contribution in [0, 0.1) is 5.41 Å². The molecule has 0 bridgehead atoms. The minimum atomic E-state index is 0.501. The number of allylic oxidation sites excluding steroid dienone is 4. The summed E-state index contributed by atoms with van der Waals surface area (Å²) in [6, 6.07) is 0.628. The highest BCUT2D eigenvalue weighted by Gasteiger charge is 2.48. The lowest BCUT2D eigenvalue weighted by Crippen LogP contribution is -2.20. The first-order valence-electron chi connectivity index (χ1n) is 6.82. The summed E-state index contributed by atoms with van der Waals surface area (Å²) in [4.78, 5) is 0. The van der Waals surface area contributed by atoms with Crippen LogP contribution in [-0.4, -0.2) is 6.04 Å². The number of hydrogen-bond acceptors (Lipinski definition) is 1.